The number of carbonyl (C=O) groups excluding carboxylic acids is 2. The average Bonchev–Trinajstić information content (AvgIpc) is 2.73. The lowest BCUT2D eigenvalue weighted by Crippen LogP contribution is -2.31. The number of rotatable bonds is 6. The summed E-state index contributed by atoms with van der Waals surface area (Å²) in [6.45, 7) is 2.33. The van der Waals surface area contributed by atoms with Crippen molar-refractivity contribution in [2.24, 2.45) is 0 Å². The van der Waals surface area contributed by atoms with E-state index >= 15 is 0 Å². The first-order valence-electron chi connectivity index (χ1n) is 8.68. The van der Waals surface area contributed by atoms with E-state index in [0.717, 1.165) is 5.56 Å². The molecule has 0 saturated carbocycles. The van der Waals surface area contributed by atoms with E-state index in [0.29, 0.717) is 23.4 Å². The molecule has 1 amide bonds. The topological polar surface area (TPSA) is 72.4 Å². The summed E-state index contributed by atoms with van der Waals surface area (Å²) in [5.41, 5.74) is 2.17. The number of aromatic nitrogens is 2. The van der Waals surface area contributed by atoms with Crippen LogP contribution < -0.4 is 4.90 Å². The van der Waals surface area contributed by atoms with Crippen LogP contribution in [0.25, 0.3) is 0 Å². The lowest BCUT2D eigenvalue weighted by Gasteiger charge is -2.23. The molecule has 0 bridgehead atoms. The molecule has 0 unspecified atom stereocenters. The highest BCUT2D eigenvalue weighted by Crippen LogP contribution is 2.23. The highest BCUT2D eigenvalue weighted by atomic mass is 35.5. The van der Waals surface area contributed by atoms with E-state index < -0.39 is 5.97 Å². The first kappa shape index (κ1) is 19.5. The Morgan fingerprint density at radius 1 is 1.07 bits per heavy atom. The normalized spacial score (nSPS) is 10.4. The van der Waals surface area contributed by atoms with Gasteiger partial charge in [0.1, 0.15) is 5.15 Å². The number of nitrogens with zero attached hydrogens (tertiary/aromatic N) is 3. The molecule has 3 rings (SSSR count). The number of hydrogen-bond acceptors (Lipinski definition) is 5. The predicted octanol–water partition coefficient (Wildman–Crippen LogP) is 4.15. The second-order valence-electron chi connectivity index (χ2n) is 5.86. The molecule has 0 aliphatic carbocycles. The SMILES string of the molecule is CCOC(=O)c1ccc(N(Cc2cccnc2)C(=O)c2cccnc2Cl)cc1. The standard InChI is InChI=1S/C21H18ClN3O3/c1-2-28-21(27)16-7-9-17(10-8-16)25(14-15-5-3-11-23-13-15)20(26)18-6-4-12-24-19(18)22/h3-13H,2,14H2,1H3. The van der Waals surface area contributed by atoms with Crippen molar-refractivity contribution in [3.8, 4) is 0 Å². The summed E-state index contributed by atoms with van der Waals surface area (Å²) < 4.78 is 5.00. The van der Waals surface area contributed by atoms with Crippen LogP contribution in [0, 0.1) is 0 Å². The summed E-state index contributed by atoms with van der Waals surface area (Å²) in [7, 11) is 0. The van der Waals surface area contributed by atoms with Gasteiger partial charge in [-0.05, 0) is 55.0 Å². The fourth-order valence-corrected chi connectivity index (χ4v) is 2.84. The largest absolute Gasteiger partial charge is 0.462 e. The molecule has 28 heavy (non-hydrogen) atoms. The highest BCUT2D eigenvalue weighted by molar-refractivity contribution is 6.33. The minimum absolute atomic E-state index is 0.131. The fourth-order valence-electron chi connectivity index (χ4n) is 2.64. The van der Waals surface area contributed by atoms with Crippen molar-refractivity contribution in [1.82, 2.24) is 9.97 Å². The van der Waals surface area contributed by atoms with E-state index in [1.54, 1.807) is 66.7 Å². The Morgan fingerprint density at radius 2 is 1.82 bits per heavy atom. The third-order valence-corrected chi connectivity index (χ3v) is 4.29. The van der Waals surface area contributed by atoms with Gasteiger partial charge in [-0.2, -0.15) is 0 Å². The molecule has 1 aromatic carbocycles. The van der Waals surface area contributed by atoms with E-state index in [1.165, 1.54) is 6.20 Å². The number of carbonyl (C=O) groups is 2. The van der Waals surface area contributed by atoms with Crippen LogP contribution in [0.3, 0.4) is 0 Å². The molecule has 6 nitrogen and oxygen atoms in total. The Kier molecular flexibility index (Phi) is 6.34. The maximum absolute atomic E-state index is 13.2. The molecule has 0 atom stereocenters. The summed E-state index contributed by atoms with van der Waals surface area (Å²) >= 11 is 6.12. The van der Waals surface area contributed by atoms with Gasteiger partial charge in [-0.3, -0.25) is 9.78 Å². The second kappa shape index (κ2) is 9.10. The monoisotopic (exact) mass is 395 g/mol. The Balaban J connectivity index is 1.95. The van der Waals surface area contributed by atoms with Crippen molar-refractivity contribution in [2.45, 2.75) is 13.5 Å². The highest BCUT2D eigenvalue weighted by Gasteiger charge is 2.21. The summed E-state index contributed by atoms with van der Waals surface area (Å²) in [6.07, 6.45) is 4.89. The van der Waals surface area contributed by atoms with Gasteiger partial charge in [-0.25, -0.2) is 9.78 Å². The van der Waals surface area contributed by atoms with Crippen molar-refractivity contribution < 1.29 is 14.3 Å². The zero-order valence-corrected chi connectivity index (χ0v) is 16.0. The van der Waals surface area contributed by atoms with E-state index in [1.807, 2.05) is 6.07 Å². The molecule has 0 saturated heterocycles. The molecule has 0 N–H and O–H groups in total. The zero-order chi connectivity index (χ0) is 19.9. The summed E-state index contributed by atoms with van der Waals surface area (Å²) in [5.74, 6) is -0.708. The number of esters is 1. The van der Waals surface area contributed by atoms with E-state index in [2.05, 4.69) is 9.97 Å². The molecular weight excluding hydrogens is 378 g/mol. The van der Waals surface area contributed by atoms with Gasteiger partial charge < -0.3 is 9.64 Å². The van der Waals surface area contributed by atoms with E-state index in [-0.39, 0.29) is 17.6 Å². The zero-order valence-electron chi connectivity index (χ0n) is 15.2. The molecule has 2 heterocycles. The smallest absolute Gasteiger partial charge is 0.338 e. The van der Waals surface area contributed by atoms with Crippen molar-refractivity contribution in [3.63, 3.8) is 0 Å². The Bertz CT molecular complexity index is 962. The number of hydrogen-bond donors (Lipinski definition) is 0. The van der Waals surface area contributed by atoms with Gasteiger partial charge in [0.15, 0.2) is 0 Å². The van der Waals surface area contributed by atoms with Gasteiger partial charge in [-0.15, -0.1) is 0 Å². The van der Waals surface area contributed by atoms with Crippen molar-refractivity contribution in [1.29, 1.82) is 0 Å². The number of benzene rings is 1. The van der Waals surface area contributed by atoms with Crippen molar-refractivity contribution in [3.05, 3.63) is 89.0 Å². The molecule has 3 aromatic rings. The predicted molar refractivity (Wildman–Crippen MR) is 106 cm³/mol. The summed E-state index contributed by atoms with van der Waals surface area (Å²) in [4.78, 5) is 34.7. The first-order valence-corrected chi connectivity index (χ1v) is 9.06. The van der Waals surface area contributed by atoms with Crippen LogP contribution in [0.5, 0.6) is 0 Å². The van der Waals surface area contributed by atoms with Crippen molar-refractivity contribution in [2.75, 3.05) is 11.5 Å². The Hall–Kier alpha value is -3.25. The van der Waals surface area contributed by atoms with Gasteiger partial charge in [0.25, 0.3) is 5.91 Å². The molecule has 0 radical (unpaired) electrons. The molecule has 0 spiro atoms. The average molecular weight is 396 g/mol. The molecular formula is C21H18ClN3O3. The number of anilines is 1. The van der Waals surface area contributed by atoms with Gasteiger partial charge in [0, 0.05) is 24.3 Å². The summed E-state index contributed by atoms with van der Waals surface area (Å²) in [6, 6.07) is 13.6. The van der Waals surface area contributed by atoms with Gasteiger partial charge >= 0.3 is 5.97 Å². The number of halogens is 1. The van der Waals surface area contributed by atoms with Crippen LogP contribution in [0.2, 0.25) is 5.15 Å². The molecule has 0 aliphatic heterocycles. The Labute approximate surface area is 167 Å². The second-order valence-corrected chi connectivity index (χ2v) is 6.22. The molecule has 142 valence electrons. The molecule has 0 fully saturated rings. The van der Waals surface area contributed by atoms with Crippen molar-refractivity contribution >= 4 is 29.2 Å². The quantitative estimate of drug-likeness (QED) is 0.463. The number of amides is 1. The lowest BCUT2D eigenvalue weighted by atomic mass is 10.1. The first-order chi connectivity index (χ1) is 13.6. The van der Waals surface area contributed by atoms with Gasteiger partial charge in [0.05, 0.1) is 24.3 Å². The molecule has 7 heteroatoms. The molecule has 0 aliphatic rings. The van der Waals surface area contributed by atoms with Crippen LogP contribution in [0.15, 0.2) is 67.1 Å². The Morgan fingerprint density at radius 3 is 2.46 bits per heavy atom. The molecule has 2 aromatic heterocycles. The van der Waals surface area contributed by atoms with Crippen LogP contribution in [-0.2, 0) is 11.3 Å². The third-order valence-electron chi connectivity index (χ3n) is 3.99. The minimum atomic E-state index is -0.408. The third kappa shape index (κ3) is 4.53. The van der Waals surface area contributed by atoms with Crippen LogP contribution in [-0.4, -0.2) is 28.5 Å². The van der Waals surface area contributed by atoms with Crippen LogP contribution >= 0.6 is 11.6 Å². The minimum Gasteiger partial charge on any atom is -0.462 e. The summed E-state index contributed by atoms with van der Waals surface area (Å²) in [5, 5.41) is 0.131. The van der Waals surface area contributed by atoms with Gasteiger partial charge in [0.2, 0.25) is 0 Å². The van der Waals surface area contributed by atoms with Crippen LogP contribution in [0.4, 0.5) is 5.69 Å². The lowest BCUT2D eigenvalue weighted by molar-refractivity contribution is 0.0526. The van der Waals surface area contributed by atoms with Crippen LogP contribution in [0.1, 0.15) is 33.2 Å². The van der Waals surface area contributed by atoms with Gasteiger partial charge in [-0.1, -0.05) is 17.7 Å². The maximum atomic E-state index is 13.2. The maximum Gasteiger partial charge on any atom is 0.338 e. The van der Waals surface area contributed by atoms with E-state index in [4.69, 9.17) is 16.3 Å². The fraction of sp³-hybridized carbons (Fsp3) is 0.143. The van der Waals surface area contributed by atoms with E-state index in [9.17, 15) is 9.59 Å². The number of pyridine rings is 2. The number of ether oxygens (including phenoxy) is 1.